The number of H-pyrrole nitrogens is 1. The van der Waals surface area contributed by atoms with E-state index in [2.05, 4.69) is 21.8 Å². The summed E-state index contributed by atoms with van der Waals surface area (Å²) in [7, 11) is 0. The van der Waals surface area contributed by atoms with Gasteiger partial charge in [-0.1, -0.05) is 54.4 Å². The van der Waals surface area contributed by atoms with Gasteiger partial charge >= 0.3 is 0 Å². The van der Waals surface area contributed by atoms with Crippen LogP contribution in [0.5, 0.6) is 0 Å². The molecular weight excluding hydrogens is 377 g/mol. The normalized spacial score (nSPS) is 21.6. The van der Waals surface area contributed by atoms with Crippen LogP contribution in [0.15, 0.2) is 39.1 Å². The fourth-order valence-electron chi connectivity index (χ4n) is 4.03. The molecule has 7 heteroatoms. The van der Waals surface area contributed by atoms with Gasteiger partial charge in [0.2, 0.25) is 0 Å². The van der Waals surface area contributed by atoms with Crippen LogP contribution in [0.1, 0.15) is 26.2 Å². The van der Waals surface area contributed by atoms with Crippen molar-refractivity contribution >= 4 is 40.8 Å². The maximum Gasteiger partial charge on any atom is 0.291 e. The number of benzene rings is 1. The lowest BCUT2D eigenvalue weighted by molar-refractivity contribution is 0.212. The zero-order chi connectivity index (χ0) is 17.6. The number of nitrogens with one attached hydrogen (secondary N) is 1. The van der Waals surface area contributed by atoms with Crippen molar-refractivity contribution in [2.45, 2.75) is 36.1 Å². The van der Waals surface area contributed by atoms with Gasteiger partial charge in [-0.2, -0.15) is 0 Å². The lowest BCUT2D eigenvalue weighted by Gasteiger charge is -2.48. The molecule has 0 amide bonds. The number of nitrogens with zero attached hydrogens (tertiary/aromatic N) is 2. The third kappa shape index (κ3) is 3.29. The summed E-state index contributed by atoms with van der Waals surface area (Å²) in [6.45, 7) is 4.20. The molecule has 1 aliphatic heterocycles. The predicted molar refractivity (Wildman–Crippen MR) is 103 cm³/mol. The maximum atomic E-state index is 12.5. The van der Waals surface area contributed by atoms with Crippen LogP contribution in [0.25, 0.3) is 0 Å². The third-order valence-corrected chi connectivity index (χ3v) is 7.10. The van der Waals surface area contributed by atoms with E-state index in [1.165, 1.54) is 31.0 Å². The summed E-state index contributed by atoms with van der Waals surface area (Å²) in [5, 5.41) is 1.64. The minimum atomic E-state index is -0.149. The lowest BCUT2D eigenvalue weighted by Crippen LogP contribution is -2.57. The van der Waals surface area contributed by atoms with Gasteiger partial charge in [-0.05, 0) is 30.9 Å². The van der Waals surface area contributed by atoms with Crippen LogP contribution in [0.2, 0.25) is 10.0 Å². The summed E-state index contributed by atoms with van der Waals surface area (Å²) in [5.41, 5.74) is 0.263. The fourth-order valence-corrected chi connectivity index (χ4v) is 5.34. The highest BCUT2D eigenvalue weighted by Gasteiger charge is 2.47. The predicted octanol–water partition coefficient (Wildman–Crippen LogP) is 4.85. The van der Waals surface area contributed by atoms with Crippen molar-refractivity contribution in [1.82, 2.24) is 9.97 Å². The number of rotatable bonds is 3. The Morgan fingerprint density at radius 2 is 2.16 bits per heavy atom. The first-order valence-corrected chi connectivity index (χ1v) is 9.99. The van der Waals surface area contributed by atoms with Gasteiger partial charge in [0, 0.05) is 23.4 Å². The molecule has 1 aromatic heterocycles. The van der Waals surface area contributed by atoms with Crippen molar-refractivity contribution in [2.24, 2.45) is 11.3 Å². The van der Waals surface area contributed by atoms with Crippen molar-refractivity contribution in [3.05, 3.63) is 44.8 Å². The minimum absolute atomic E-state index is 0.149. The second kappa shape index (κ2) is 6.53. The van der Waals surface area contributed by atoms with E-state index in [9.17, 15) is 4.79 Å². The summed E-state index contributed by atoms with van der Waals surface area (Å²) >= 11 is 13.6. The molecule has 2 fully saturated rings. The van der Waals surface area contributed by atoms with E-state index in [0.717, 1.165) is 23.9 Å². The number of aromatic amines is 1. The average Bonchev–Trinajstić information content (AvgIpc) is 2.93. The van der Waals surface area contributed by atoms with E-state index < -0.39 is 0 Å². The van der Waals surface area contributed by atoms with Gasteiger partial charge in [-0.15, -0.1) is 0 Å². The Hall–Kier alpha value is -1.17. The Bertz CT molecular complexity index is 864. The molecule has 0 radical (unpaired) electrons. The molecule has 1 saturated heterocycles. The minimum Gasteiger partial charge on any atom is -0.351 e. The van der Waals surface area contributed by atoms with Crippen LogP contribution in [-0.2, 0) is 0 Å². The molecule has 1 aromatic carbocycles. The molecule has 1 aliphatic carbocycles. The summed E-state index contributed by atoms with van der Waals surface area (Å²) in [4.78, 5) is 22.7. The largest absolute Gasteiger partial charge is 0.351 e. The number of hydrogen-bond acceptors (Lipinski definition) is 4. The molecule has 1 N–H and O–H groups in total. The SMILES string of the molecule is C[C@@H]1CCC2(C1)CN(c1ncc(Sc3cccc(Cl)c3Cl)[nH]c1=O)C2. The number of hydrogen-bond donors (Lipinski definition) is 1. The Morgan fingerprint density at radius 1 is 1.36 bits per heavy atom. The van der Waals surface area contributed by atoms with E-state index in [-0.39, 0.29) is 5.56 Å². The van der Waals surface area contributed by atoms with E-state index in [1.54, 1.807) is 12.3 Å². The lowest BCUT2D eigenvalue weighted by atomic mass is 9.77. The van der Waals surface area contributed by atoms with E-state index >= 15 is 0 Å². The van der Waals surface area contributed by atoms with Crippen molar-refractivity contribution in [1.29, 1.82) is 0 Å². The maximum absolute atomic E-state index is 12.5. The van der Waals surface area contributed by atoms with Gasteiger partial charge in [0.25, 0.3) is 5.56 Å². The van der Waals surface area contributed by atoms with Crippen LogP contribution in [-0.4, -0.2) is 23.1 Å². The second-order valence-electron chi connectivity index (χ2n) is 7.26. The van der Waals surface area contributed by atoms with Crippen LogP contribution < -0.4 is 10.5 Å². The van der Waals surface area contributed by atoms with E-state index in [4.69, 9.17) is 23.2 Å². The molecule has 0 bridgehead atoms. The zero-order valence-corrected chi connectivity index (χ0v) is 16.2. The molecule has 2 aromatic rings. The van der Waals surface area contributed by atoms with Crippen LogP contribution in [0, 0.1) is 11.3 Å². The molecule has 0 unspecified atom stereocenters. The standard InChI is InChI=1S/C18H19Cl2N3OS/c1-11-5-6-18(7-11)9-23(10-18)16-17(24)22-14(8-21-16)25-13-4-2-3-12(19)15(13)20/h2-4,8,11H,5-7,9-10H2,1H3,(H,22,24)/t11-/m1/s1. The summed E-state index contributed by atoms with van der Waals surface area (Å²) in [6.07, 6.45) is 5.53. The third-order valence-electron chi connectivity index (χ3n) is 5.18. The molecular formula is C18H19Cl2N3OS. The molecule has 2 aliphatic rings. The molecule has 4 nitrogen and oxygen atoms in total. The number of aromatic nitrogens is 2. The highest BCUT2D eigenvalue weighted by molar-refractivity contribution is 7.99. The van der Waals surface area contributed by atoms with Crippen molar-refractivity contribution in [3.8, 4) is 0 Å². The zero-order valence-electron chi connectivity index (χ0n) is 13.9. The molecule has 25 heavy (non-hydrogen) atoms. The van der Waals surface area contributed by atoms with Crippen LogP contribution in [0.4, 0.5) is 5.82 Å². The first kappa shape index (κ1) is 17.3. The first-order chi connectivity index (χ1) is 12.0. The Morgan fingerprint density at radius 3 is 2.84 bits per heavy atom. The van der Waals surface area contributed by atoms with Crippen molar-refractivity contribution < 1.29 is 0 Å². The van der Waals surface area contributed by atoms with Crippen LogP contribution in [0.3, 0.4) is 0 Å². The van der Waals surface area contributed by atoms with Gasteiger partial charge in [0.1, 0.15) is 0 Å². The van der Waals surface area contributed by atoms with E-state index in [1.807, 2.05) is 12.1 Å². The highest BCUT2D eigenvalue weighted by Crippen LogP contribution is 2.48. The first-order valence-electron chi connectivity index (χ1n) is 8.42. The fraction of sp³-hybridized carbons (Fsp3) is 0.444. The molecule has 1 atom stereocenters. The Labute approximate surface area is 160 Å². The highest BCUT2D eigenvalue weighted by atomic mass is 35.5. The monoisotopic (exact) mass is 395 g/mol. The number of anilines is 1. The average molecular weight is 396 g/mol. The van der Waals surface area contributed by atoms with Crippen LogP contribution >= 0.6 is 35.0 Å². The van der Waals surface area contributed by atoms with Gasteiger partial charge in [0.15, 0.2) is 5.82 Å². The Kier molecular flexibility index (Phi) is 4.50. The smallest absolute Gasteiger partial charge is 0.291 e. The number of halogens is 2. The van der Waals surface area contributed by atoms with Crippen molar-refractivity contribution in [3.63, 3.8) is 0 Å². The molecule has 1 saturated carbocycles. The molecule has 132 valence electrons. The molecule has 2 heterocycles. The Balaban J connectivity index is 1.49. The topological polar surface area (TPSA) is 49.0 Å². The van der Waals surface area contributed by atoms with E-state index in [0.29, 0.717) is 26.3 Å². The van der Waals surface area contributed by atoms with Crippen molar-refractivity contribution in [2.75, 3.05) is 18.0 Å². The van der Waals surface area contributed by atoms with Gasteiger partial charge < -0.3 is 9.88 Å². The van der Waals surface area contributed by atoms with Gasteiger partial charge in [-0.3, -0.25) is 4.79 Å². The molecule has 4 rings (SSSR count). The molecule has 1 spiro atoms. The quantitative estimate of drug-likeness (QED) is 0.806. The summed E-state index contributed by atoms with van der Waals surface area (Å²) in [5.74, 6) is 1.32. The second-order valence-corrected chi connectivity index (χ2v) is 9.13. The van der Waals surface area contributed by atoms with Gasteiger partial charge in [0.05, 0.1) is 21.3 Å². The summed E-state index contributed by atoms with van der Waals surface area (Å²) in [6, 6.07) is 5.44. The summed E-state index contributed by atoms with van der Waals surface area (Å²) < 4.78 is 0. The van der Waals surface area contributed by atoms with Gasteiger partial charge in [-0.25, -0.2) is 4.98 Å².